The molecular formula is C23H15F7O. The van der Waals surface area contributed by atoms with E-state index >= 15 is 0 Å². The fraction of sp³-hybridized carbons (Fsp3) is 0.130. The molecular weight excluding hydrogens is 425 g/mol. The monoisotopic (exact) mass is 440 g/mol. The molecule has 3 aromatic rings. The van der Waals surface area contributed by atoms with Gasteiger partial charge >= 0.3 is 18.2 Å². The van der Waals surface area contributed by atoms with Crippen molar-refractivity contribution >= 4 is 11.3 Å². The van der Waals surface area contributed by atoms with E-state index in [1.807, 2.05) is 0 Å². The topological polar surface area (TPSA) is 9.23 Å². The van der Waals surface area contributed by atoms with E-state index in [9.17, 15) is 30.7 Å². The highest BCUT2D eigenvalue weighted by Gasteiger charge is 2.76. The average Bonchev–Trinajstić information content (AvgIpc) is 2.74. The van der Waals surface area contributed by atoms with Crippen molar-refractivity contribution in [2.45, 2.75) is 18.2 Å². The molecule has 0 saturated heterocycles. The van der Waals surface area contributed by atoms with Gasteiger partial charge in [0.1, 0.15) is 5.76 Å². The number of hydrogen-bond acceptors (Lipinski definition) is 1. The minimum atomic E-state index is -6.52. The summed E-state index contributed by atoms with van der Waals surface area (Å²) < 4.78 is 98.2. The van der Waals surface area contributed by atoms with Crippen LogP contribution in [0.2, 0.25) is 0 Å². The summed E-state index contributed by atoms with van der Waals surface area (Å²) in [6.07, 6.45) is -12.4. The standard InChI is InChI=1S/C23H15F7O/c24-21(25,22(26,27)28)23(29,30)31-20(18-14-8-3-9-15-18)19(16-10-4-1-5-11-16)17-12-6-2-7-13-17/h1-15H. The van der Waals surface area contributed by atoms with Gasteiger partial charge in [0.05, 0.1) is 0 Å². The minimum Gasteiger partial charge on any atom is -0.426 e. The van der Waals surface area contributed by atoms with Gasteiger partial charge in [0.25, 0.3) is 0 Å². The van der Waals surface area contributed by atoms with Crippen LogP contribution in [0, 0.1) is 0 Å². The third-order valence-corrected chi connectivity index (χ3v) is 4.34. The van der Waals surface area contributed by atoms with Crippen molar-refractivity contribution in [3.63, 3.8) is 0 Å². The number of rotatable bonds is 6. The number of ether oxygens (including phenoxy) is 1. The number of hydrogen-bond donors (Lipinski definition) is 0. The molecule has 0 saturated carbocycles. The Bertz CT molecular complexity index is 986. The first-order chi connectivity index (χ1) is 14.5. The molecule has 0 fully saturated rings. The van der Waals surface area contributed by atoms with Crippen molar-refractivity contribution in [2.75, 3.05) is 0 Å². The first kappa shape index (κ1) is 22.4. The average molecular weight is 440 g/mol. The largest absolute Gasteiger partial charge is 0.474 e. The van der Waals surface area contributed by atoms with Gasteiger partial charge in [-0.2, -0.15) is 30.7 Å². The van der Waals surface area contributed by atoms with E-state index in [1.165, 1.54) is 54.6 Å². The number of alkyl halides is 7. The Morgan fingerprint density at radius 3 is 1.23 bits per heavy atom. The van der Waals surface area contributed by atoms with Gasteiger partial charge in [0, 0.05) is 11.1 Å². The number of benzene rings is 3. The SMILES string of the molecule is FC(F)(F)C(F)(F)C(F)(F)OC(=C(c1ccccc1)c1ccccc1)c1ccccc1. The molecule has 0 amide bonds. The third-order valence-electron chi connectivity index (χ3n) is 4.34. The van der Waals surface area contributed by atoms with Gasteiger partial charge in [-0.25, -0.2) is 0 Å². The quantitative estimate of drug-likeness (QED) is 0.220. The summed E-state index contributed by atoms with van der Waals surface area (Å²) in [5.41, 5.74) is 0.422. The smallest absolute Gasteiger partial charge is 0.426 e. The van der Waals surface area contributed by atoms with Crippen LogP contribution in [-0.2, 0) is 4.74 Å². The molecule has 8 heteroatoms. The van der Waals surface area contributed by atoms with E-state index in [1.54, 1.807) is 36.4 Å². The van der Waals surface area contributed by atoms with Crippen molar-refractivity contribution in [1.82, 2.24) is 0 Å². The fourth-order valence-corrected chi connectivity index (χ4v) is 2.84. The molecule has 0 atom stereocenters. The first-order valence-corrected chi connectivity index (χ1v) is 8.96. The van der Waals surface area contributed by atoms with E-state index in [4.69, 9.17) is 0 Å². The molecule has 162 valence electrons. The Morgan fingerprint density at radius 2 is 0.871 bits per heavy atom. The fourth-order valence-electron chi connectivity index (χ4n) is 2.84. The lowest BCUT2D eigenvalue weighted by Gasteiger charge is -2.30. The molecule has 0 N–H and O–H groups in total. The van der Waals surface area contributed by atoms with E-state index in [-0.39, 0.29) is 11.1 Å². The highest BCUT2D eigenvalue weighted by Crippen LogP contribution is 2.49. The Labute approximate surface area is 173 Å². The van der Waals surface area contributed by atoms with Gasteiger partial charge in [-0.05, 0) is 11.1 Å². The second-order valence-electron chi connectivity index (χ2n) is 6.49. The summed E-state index contributed by atoms with van der Waals surface area (Å²) in [6.45, 7) is 0. The Balaban J connectivity index is 2.30. The molecule has 0 radical (unpaired) electrons. The summed E-state index contributed by atoms with van der Waals surface area (Å²) >= 11 is 0. The lowest BCUT2D eigenvalue weighted by Crippen LogP contribution is -2.53. The summed E-state index contributed by atoms with van der Waals surface area (Å²) in [7, 11) is 0. The summed E-state index contributed by atoms with van der Waals surface area (Å²) in [5, 5.41) is 0. The van der Waals surface area contributed by atoms with Gasteiger partial charge in [-0.3, -0.25) is 0 Å². The highest BCUT2D eigenvalue weighted by molar-refractivity contribution is 5.96. The zero-order chi connectivity index (χ0) is 22.7. The van der Waals surface area contributed by atoms with Crippen LogP contribution in [0.25, 0.3) is 11.3 Å². The lowest BCUT2D eigenvalue weighted by atomic mass is 9.94. The highest BCUT2D eigenvalue weighted by atomic mass is 19.4. The Kier molecular flexibility index (Phi) is 6.10. The molecule has 1 nitrogen and oxygen atoms in total. The zero-order valence-corrected chi connectivity index (χ0v) is 15.7. The lowest BCUT2D eigenvalue weighted by molar-refractivity contribution is -0.409. The molecule has 0 unspecified atom stereocenters. The summed E-state index contributed by atoms with van der Waals surface area (Å²) in [6, 6.07) is 22.5. The van der Waals surface area contributed by atoms with Gasteiger partial charge in [-0.1, -0.05) is 91.0 Å². The van der Waals surface area contributed by atoms with Crippen LogP contribution >= 0.6 is 0 Å². The molecule has 31 heavy (non-hydrogen) atoms. The van der Waals surface area contributed by atoms with Gasteiger partial charge in [0.15, 0.2) is 0 Å². The van der Waals surface area contributed by atoms with Crippen LogP contribution in [0.4, 0.5) is 30.7 Å². The molecule has 0 heterocycles. The maximum absolute atomic E-state index is 14.3. The van der Waals surface area contributed by atoms with Crippen molar-refractivity contribution in [3.05, 3.63) is 108 Å². The minimum absolute atomic E-state index is 0.0648. The summed E-state index contributed by atoms with van der Waals surface area (Å²) in [5.74, 6) is -7.23. The van der Waals surface area contributed by atoms with Crippen molar-refractivity contribution in [3.8, 4) is 0 Å². The van der Waals surface area contributed by atoms with Gasteiger partial charge in [-0.15, -0.1) is 0 Å². The van der Waals surface area contributed by atoms with Crippen molar-refractivity contribution in [2.24, 2.45) is 0 Å². The first-order valence-electron chi connectivity index (χ1n) is 8.96. The van der Waals surface area contributed by atoms with Gasteiger partial charge < -0.3 is 4.74 Å². The predicted octanol–water partition coefficient (Wildman–Crippen LogP) is 7.41. The molecule has 0 aliphatic heterocycles. The molecule has 0 bridgehead atoms. The van der Waals surface area contributed by atoms with Crippen LogP contribution in [0.5, 0.6) is 0 Å². The van der Waals surface area contributed by atoms with Crippen LogP contribution in [0.3, 0.4) is 0 Å². The van der Waals surface area contributed by atoms with Crippen LogP contribution in [-0.4, -0.2) is 18.2 Å². The van der Waals surface area contributed by atoms with E-state index < -0.39 is 24.0 Å². The van der Waals surface area contributed by atoms with Crippen LogP contribution in [0.1, 0.15) is 16.7 Å². The predicted molar refractivity (Wildman–Crippen MR) is 102 cm³/mol. The molecule has 0 aromatic heterocycles. The second-order valence-corrected chi connectivity index (χ2v) is 6.49. The molecule has 0 aliphatic rings. The van der Waals surface area contributed by atoms with E-state index in [2.05, 4.69) is 4.74 Å². The summed E-state index contributed by atoms with van der Waals surface area (Å²) in [4.78, 5) is 0. The van der Waals surface area contributed by atoms with Crippen molar-refractivity contribution < 1.29 is 35.5 Å². The number of halogens is 7. The maximum Gasteiger partial charge on any atom is 0.474 e. The molecule has 3 rings (SSSR count). The zero-order valence-electron chi connectivity index (χ0n) is 15.7. The van der Waals surface area contributed by atoms with Crippen LogP contribution in [0.15, 0.2) is 91.0 Å². The van der Waals surface area contributed by atoms with Gasteiger partial charge in [0.2, 0.25) is 0 Å². The third kappa shape index (κ3) is 4.57. The van der Waals surface area contributed by atoms with E-state index in [0.717, 1.165) is 0 Å². The van der Waals surface area contributed by atoms with E-state index in [0.29, 0.717) is 11.1 Å². The van der Waals surface area contributed by atoms with Crippen molar-refractivity contribution in [1.29, 1.82) is 0 Å². The second kappa shape index (κ2) is 8.45. The van der Waals surface area contributed by atoms with Crippen LogP contribution < -0.4 is 0 Å². The molecule has 0 aliphatic carbocycles. The molecule has 3 aromatic carbocycles. The Hall–Kier alpha value is -3.29. The normalized spacial score (nSPS) is 12.4. The maximum atomic E-state index is 14.3. The Morgan fingerprint density at radius 1 is 0.516 bits per heavy atom. The molecule has 0 spiro atoms.